The number of hydrogen-bond donors (Lipinski definition) is 1. The normalized spacial score (nSPS) is 31.9. The van der Waals surface area contributed by atoms with Crippen LogP contribution in [0.15, 0.2) is 18.2 Å². The SMILES string of the molecule is COc1ccc2c3c1O[C@H]1C(OC)(OC)C[C@@](CCl)(C=C2)[C@@]31CCN(C)O. The van der Waals surface area contributed by atoms with Gasteiger partial charge in [0.2, 0.25) is 5.79 Å². The van der Waals surface area contributed by atoms with Gasteiger partial charge in [-0.1, -0.05) is 18.2 Å². The first-order valence-electron chi connectivity index (χ1n) is 9.07. The molecule has 2 aliphatic carbocycles. The highest BCUT2D eigenvalue weighted by Crippen LogP contribution is 2.70. The van der Waals surface area contributed by atoms with Crippen LogP contribution in [0.1, 0.15) is 24.0 Å². The fourth-order valence-corrected chi connectivity index (χ4v) is 5.85. The van der Waals surface area contributed by atoms with Gasteiger partial charge in [-0.15, -0.1) is 11.6 Å². The van der Waals surface area contributed by atoms with Gasteiger partial charge in [-0.05, 0) is 18.1 Å². The topological polar surface area (TPSA) is 60.4 Å². The molecule has 3 aliphatic rings. The van der Waals surface area contributed by atoms with Crippen LogP contribution in [-0.4, -0.2) is 63.0 Å². The molecule has 1 fully saturated rings. The van der Waals surface area contributed by atoms with E-state index in [0.29, 0.717) is 31.0 Å². The number of alkyl halides is 1. The van der Waals surface area contributed by atoms with Gasteiger partial charge in [0.05, 0.1) is 12.5 Å². The number of halogens is 1. The molecule has 1 aromatic rings. The largest absolute Gasteiger partial charge is 0.493 e. The number of rotatable bonds is 7. The van der Waals surface area contributed by atoms with Crippen molar-refractivity contribution in [1.82, 2.24) is 5.06 Å². The van der Waals surface area contributed by atoms with Crippen molar-refractivity contribution in [2.75, 3.05) is 40.8 Å². The first kappa shape index (κ1) is 19.0. The Kier molecular flexibility index (Phi) is 4.48. The van der Waals surface area contributed by atoms with Crippen LogP contribution >= 0.6 is 11.6 Å². The predicted molar refractivity (Wildman–Crippen MR) is 102 cm³/mol. The summed E-state index contributed by atoms with van der Waals surface area (Å²) in [6.45, 7) is 0.464. The minimum atomic E-state index is -0.946. The average Bonchev–Trinajstić information content (AvgIpc) is 3.16. The van der Waals surface area contributed by atoms with Gasteiger partial charge in [0, 0.05) is 51.1 Å². The van der Waals surface area contributed by atoms with Crippen LogP contribution in [-0.2, 0) is 14.9 Å². The molecule has 0 unspecified atom stereocenters. The van der Waals surface area contributed by atoms with Crippen LogP contribution in [0.3, 0.4) is 0 Å². The van der Waals surface area contributed by atoms with Crippen molar-refractivity contribution in [2.24, 2.45) is 5.41 Å². The third-order valence-corrected chi connectivity index (χ3v) is 7.17. The predicted octanol–water partition coefficient (Wildman–Crippen LogP) is 3.05. The maximum Gasteiger partial charge on any atom is 0.207 e. The van der Waals surface area contributed by atoms with E-state index in [-0.39, 0.29) is 0 Å². The zero-order chi connectivity index (χ0) is 19.4. The first-order valence-corrected chi connectivity index (χ1v) is 9.61. The molecule has 0 aromatic heterocycles. The van der Waals surface area contributed by atoms with Gasteiger partial charge in [0.15, 0.2) is 17.6 Å². The first-order chi connectivity index (χ1) is 12.9. The number of hydrogen-bond acceptors (Lipinski definition) is 6. The lowest BCUT2D eigenvalue weighted by Crippen LogP contribution is -2.54. The van der Waals surface area contributed by atoms with E-state index in [2.05, 4.69) is 12.2 Å². The Hall–Kier alpha value is -1.31. The second-order valence-corrected chi connectivity index (χ2v) is 7.95. The van der Waals surface area contributed by atoms with E-state index >= 15 is 0 Å². The van der Waals surface area contributed by atoms with E-state index in [9.17, 15) is 5.21 Å². The van der Waals surface area contributed by atoms with Gasteiger partial charge in [0.1, 0.15) is 0 Å². The molecule has 0 saturated heterocycles. The second kappa shape index (κ2) is 6.36. The maximum absolute atomic E-state index is 9.91. The molecule has 1 aromatic carbocycles. The molecule has 6 nitrogen and oxygen atoms in total. The van der Waals surface area contributed by atoms with E-state index in [1.807, 2.05) is 12.1 Å². The highest BCUT2D eigenvalue weighted by molar-refractivity contribution is 6.18. The summed E-state index contributed by atoms with van der Waals surface area (Å²) in [4.78, 5) is 0. The molecular weight excluding hydrogens is 370 g/mol. The summed E-state index contributed by atoms with van der Waals surface area (Å²) >= 11 is 6.62. The van der Waals surface area contributed by atoms with Gasteiger partial charge in [-0.3, -0.25) is 0 Å². The van der Waals surface area contributed by atoms with Crippen LogP contribution < -0.4 is 9.47 Å². The van der Waals surface area contributed by atoms with Crippen molar-refractivity contribution < 1.29 is 24.2 Å². The Morgan fingerprint density at radius 2 is 2.04 bits per heavy atom. The number of hydroxylamine groups is 2. The summed E-state index contributed by atoms with van der Waals surface area (Å²) in [5, 5.41) is 11.1. The molecule has 1 saturated carbocycles. The van der Waals surface area contributed by atoms with Crippen molar-refractivity contribution in [3.63, 3.8) is 0 Å². The van der Waals surface area contributed by atoms with Crippen LogP contribution in [0.25, 0.3) is 6.08 Å². The number of benzene rings is 1. The van der Waals surface area contributed by atoms with Crippen molar-refractivity contribution in [3.05, 3.63) is 29.3 Å². The Labute approximate surface area is 164 Å². The molecule has 0 radical (unpaired) electrons. The number of allylic oxidation sites excluding steroid dienone is 1. The lowest BCUT2D eigenvalue weighted by Gasteiger charge is -2.45. The molecule has 27 heavy (non-hydrogen) atoms. The quantitative estimate of drug-likeness (QED) is 0.435. The highest BCUT2D eigenvalue weighted by Gasteiger charge is 2.75. The Balaban J connectivity index is 2.02. The van der Waals surface area contributed by atoms with Crippen molar-refractivity contribution in [2.45, 2.75) is 30.1 Å². The van der Waals surface area contributed by atoms with Crippen LogP contribution in [0, 0.1) is 5.41 Å². The van der Waals surface area contributed by atoms with Gasteiger partial charge in [-0.25, -0.2) is 0 Å². The number of ether oxygens (including phenoxy) is 4. The summed E-state index contributed by atoms with van der Waals surface area (Å²) < 4.78 is 24.0. The zero-order valence-electron chi connectivity index (χ0n) is 16.1. The van der Waals surface area contributed by atoms with Gasteiger partial charge < -0.3 is 24.2 Å². The van der Waals surface area contributed by atoms with E-state index < -0.39 is 22.7 Å². The highest BCUT2D eigenvalue weighted by atomic mass is 35.5. The molecule has 7 heteroatoms. The summed E-state index contributed by atoms with van der Waals surface area (Å²) in [6.07, 6.45) is 5.09. The van der Waals surface area contributed by atoms with Crippen LogP contribution in [0.2, 0.25) is 0 Å². The van der Waals surface area contributed by atoms with Crippen molar-refractivity contribution >= 4 is 17.7 Å². The van der Waals surface area contributed by atoms with E-state index in [4.69, 9.17) is 30.5 Å². The number of methoxy groups -OCH3 is 3. The van der Waals surface area contributed by atoms with Gasteiger partial charge in [0.25, 0.3) is 0 Å². The smallest absolute Gasteiger partial charge is 0.207 e. The molecule has 0 spiro atoms. The fraction of sp³-hybridized carbons (Fsp3) is 0.600. The standard InChI is InChI=1S/C20H26ClNO5/c1-22(23)10-9-19-15-13-5-6-14(24-2)16(15)27-17(19)20(25-3,26-4)11-18(19,12-21)8-7-13/h5-8,17,23H,9-12H2,1-4H3/t17-,18-,19+/m1/s1. The molecule has 1 N–H and O–H groups in total. The minimum absolute atomic E-state index is 0.392. The molecule has 4 rings (SSSR count). The monoisotopic (exact) mass is 395 g/mol. The maximum atomic E-state index is 9.91. The fourth-order valence-electron chi connectivity index (χ4n) is 5.42. The third-order valence-electron chi connectivity index (χ3n) is 6.69. The molecule has 0 amide bonds. The van der Waals surface area contributed by atoms with E-state index in [1.165, 1.54) is 5.06 Å². The Bertz CT molecular complexity index is 778. The zero-order valence-corrected chi connectivity index (χ0v) is 16.9. The van der Waals surface area contributed by atoms with Crippen molar-refractivity contribution in [1.29, 1.82) is 0 Å². The van der Waals surface area contributed by atoms with Crippen molar-refractivity contribution in [3.8, 4) is 11.5 Å². The molecule has 0 bridgehead atoms. The number of nitrogens with zero attached hydrogens (tertiary/aromatic N) is 1. The van der Waals surface area contributed by atoms with Crippen LogP contribution in [0.5, 0.6) is 11.5 Å². The molecule has 3 atom stereocenters. The van der Waals surface area contributed by atoms with Crippen LogP contribution in [0.4, 0.5) is 0 Å². The molecular formula is C20H26ClNO5. The second-order valence-electron chi connectivity index (χ2n) is 7.68. The van der Waals surface area contributed by atoms with E-state index in [0.717, 1.165) is 16.9 Å². The lowest BCUT2D eigenvalue weighted by atomic mass is 9.57. The molecule has 1 heterocycles. The summed E-state index contributed by atoms with van der Waals surface area (Å²) in [6, 6.07) is 3.96. The average molecular weight is 396 g/mol. The summed E-state index contributed by atoms with van der Waals surface area (Å²) in [5.41, 5.74) is 1.24. The van der Waals surface area contributed by atoms with Gasteiger partial charge >= 0.3 is 0 Å². The minimum Gasteiger partial charge on any atom is -0.493 e. The lowest BCUT2D eigenvalue weighted by molar-refractivity contribution is -0.244. The summed E-state index contributed by atoms with van der Waals surface area (Å²) in [5.74, 6) is 0.847. The Morgan fingerprint density at radius 3 is 2.63 bits per heavy atom. The van der Waals surface area contributed by atoms with Gasteiger partial charge in [-0.2, -0.15) is 5.06 Å². The Morgan fingerprint density at radius 1 is 1.30 bits per heavy atom. The third kappa shape index (κ3) is 2.22. The molecule has 1 aliphatic heterocycles. The van der Waals surface area contributed by atoms with E-state index in [1.54, 1.807) is 28.4 Å². The molecule has 148 valence electrons. The summed E-state index contributed by atoms with van der Waals surface area (Å²) in [7, 11) is 6.57.